The molecule has 2 fully saturated rings. The van der Waals surface area contributed by atoms with Crippen LogP contribution in [0.5, 0.6) is 0 Å². The van der Waals surface area contributed by atoms with Crippen LogP contribution in [-0.4, -0.2) is 30.9 Å². The number of hydrogen-bond acceptors (Lipinski definition) is 2. The molecule has 0 bridgehead atoms. The van der Waals surface area contributed by atoms with Gasteiger partial charge in [-0.1, -0.05) is 0 Å². The standard InChI is InChI=1S/C14H18OSSe/c1-17-14(9-10-14)12(15)13(7-8-13)16-11-5-3-2-4-6-11/h2-6,12,15H,7-10H2,1H3. The topological polar surface area (TPSA) is 20.2 Å². The Hall–Kier alpha value is 0.0495. The zero-order valence-electron chi connectivity index (χ0n) is 10.1. The fraction of sp³-hybridized carbons (Fsp3) is 0.571. The van der Waals surface area contributed by atoms with E-state index in [1.54, 1.807) is 0 Å². The number of aliphatic hydroxyl groups is 1. The molecule has 1 aromatic carbocycles. The van der Waals surface area contributed by atoms with Crippen LogP contribution in [0.4, 0.5) is 0 Å². The molecule has 2 aliphatic carbocycles. The molecule has 0 heterocycles. The summed E-state index contributed by atoms with van der Waals surface area (Å²) in [4.78, 5) is 1.31. The summed E-state index contributed by atoms with van der Waals surface area (Å²) in [7, 11) is 0. The second-order valence-corrected chi connectivity index (χ2v) is 9.20. The minimum absolute atomic E-state index is 0.0785. The molecule has 1 unspecified atom stereocenters. The molecule has 0 spiro atoms. The Morgan fingerprint density at radius 3 is 2.29 bits per heavy atom. The summed E-state index contributed by atoms with van der Waals surface area (Å²) in [5, 5.41) is 10.7. The van der Waals surface area contributed by atoms with Crippen LogP contribution in [0.3, 0.4) is 0 Å². The van der Waals surface area contributed by atoms with Crippen LogP contribution >= 0.6 is 11.8 Å². The Bertz CT molecular complexity index is 398. The Morgan fingerprint density at radius 1 is 1.18 bits per heavy atom. The monoisotopic (exact) mass is 314 g/mol. The van der Waals surface area contributed by atoms with E-state index in [1.165, 1.54) is 30.6 Å². The van der Waals surface area contributed by atoms with Crippen LogP contribution in [0.15, 0.2) is 35.2 Å². The third-order valence-corrected chi connectivity index (χ3v) is 8.53. The molecule has 0 aromatic heterocycles. The van der Waals surface area contributed by atoms with E-state index in [0.29, 0.717) is 19.3 Å². The normalized spacial score (nSPS) is 25.3. The fourth-order valence-corrected chi connectivity index (χ4v) is 6.06. The van der Waals surface area contributed by atoms with E-state index < -0.39 is 0 Å². The van der Waals surface area contributed by atoms with Crippen LogP contribution in [0, 0.1) is 0 Å². The quantitative estimate of drug-likeness (QED) is 0.841. The molecule has 17 heavy (non-hydrogen) atoms. The van der Waals surface area contributed by atoms with Crippen molar-refractivity contribution in [2.45, 2.75) is 51.6 Å². The predicted molar refractivity (Wildman–Crippen MR) is 73.8 cm³/mol. The summed E-state index contributed by atoms with van der Waals surface area (Å²) in [6.45, 7) is 0. The molecule has 1 nitrogen and oxygen atoms in total. The minimum atomic E-state index is -0.0785. The summed E-state index contributed by atoms with van der Waals surface area (Å²) in [5.74, 6) is 2.28. The van der Waals surface area contributed by atoms with Gasteiger partial charge in [0, 0.05) is 0 Å². The first-order valence-corrected chi connectivity index (χ1v) is 9.57. The zero-order chi connectivity index (χ0) is 11.9. The summed E-state index contributed by atoms with van der Waals surface area (Å²) in [6.07, 6.45) is 4.80. The van der Waals surface area contributed by atoms with E-state index in [2.05, 4.69) is 36.2 Å². The second kappa shape index (κ2) is 4.31. The molecule has 0 saturated heterocycles. The van der Waals surface area contributed by atoms with Crippen LogP contribution in [0.1, 0.15) is 25.7 Å². The summed E-state index contributed by atoms with van der Waals surface area (Å²) in [6, 6.07) is 10.5. The molecule has 0 aliphatic heterocycles. The van der Waals surface area contributed by atoms with Crippen molar-refractivity contribution in [3.05, 3.63) is 30.3 Å². The molecule has 0 amide bonds. The zero-order valence-corrected chi connectivity index (χ0v) is 12.6. The second-order valence-electron chi connectivity index (χ2n) is 5.15. The van der Waals surface area contributed by atoms with Crippen molar-refractivity contribution in [3.8, 4) is 0 Å². The Morgan fingerprint density at radius 2 is 1.82 bits per heavy atom. The van der Waals surface area contributed by atoms with Crippen molar-refractivity contribution in [2.75, 3.05) is 0 Å². The van der Waals surface area contributed by atoms with Gasteiger partial charge in [-0.25, -0.2) is 0 Å². The van der Waals surface area contributed by atoms with E-state index in [9.17, 15) is 5.11 Å². The number of thioether (sulfide) groups is 1. The van der Waals surface area contributed by atoms with E-state index in [4.69, 9.17) is 0 Å². The van der Waals surface area contributed by atoms with Crippen LogP contribution < -0.4 is 0 Å². The van der Waals surface area contributed by atoms with Gasteiger partial charge in [0.05, 0.1) is 0 Å². The van der Waals surface area contributed by atoms with Gasteiger partial charge in [0.15, 0.2) is 0 Å². The van der Waals surface area contributed by atoms with Crippen LogP contribution in [0.25, 0.3) is 0 Å². The van der Waals surface area contributed by atoms with Gasteiger partial charge in [0.1, 0.15) is 0 Å². The number of hydrogen-bond donors (Lipinski definition) is 1. The average molecular weight is 313 g/mol. The molecular formula is C14H18OSSe. The van der Waals surface area contributed by atoms with Crippen LogP contribution in [-0.2, 0) is 0 Å². The molecule has 1 N–H and O–H groups in total. The van der Waals surface area contributed by atoms with Gasteiger partial charge in [0.25, 0.3) is 0 Å². The molecular weight excluding hydrogens is 295 g/mol. The summed E-state index contributed by atoms with van der Waals surface area (Å²) in [5.41, 5.74) is 0. The molecule has 92 valence electrons. The van der Waals surface area contributed by atoms with Crippen molar-refractivity contribution >= 4 is 26.7 Å². The molecule has 1 aromatic rings. The molecule has 3 heteroatoms. The van der Waals surface area contributed by atoms with Gasteiger partial charge in [0.2, 0.25) is 0 Å². The van der Waals surface area contributed by atoms with Crippen molar-refractivity contribution in [3.63, 3.8) is 0 Å². The third kappa shape index (κ3) is 2.19. The number of rotatable bonds is 5. The van der Waals surface area contributed by atoms with E-state index in [-0.39, 0.29) is 10.9 Å². The maximum atomic E-state index is 10.7. The van der Waals surface area contributed by atoms with Gasteiger partial charge in [-0.05, 0) is 0 Å². The SMILES string of the molecule is C[Se]C1(C(O)C2(Sc3ccccc3)CC2)CC1. The van der Waals surface area contributed by atoms with E-state index in [1.807, 2.05) is 11.8 Å². The van der Waals surface area contributed by atoms with E-state index >= 15 is 0 Å². The molecule has 2 saturated carbocycles. The molecule has 1 atom stereocenters. The van der Waals surface area contributed by atoms with Crippen molar-refractivity contribution in [1.82, 2.24) is 0 Å². The maximum absolute atomic E-state index is 10.7. The van der Waals surface area contributed by atoms with Gasteiger partial charge in [-0.3, -0.25) is 0 Å². The molecule has 2 aliphatic rings. The van der Waals surface area contributed by atoms with E-state index in [0.717, 1.165) is 0 Å². The first-order chi connectivity index (χ1) is 8.21. The molecule has 3 rings (SSSR count). The van der Waals surface area contributed by atoms with Crippen molar-refractivity contribution in [1.29, 1.82) is 0 Å². The predicted octanol–water partition coefficient (Wildman–Crippen LogP) is 3.38. The first kappa shape index (κ1) is 12.1. The average Bonchev–Trinajstić information content (AvgIpc) is 3.26. The van der Waals surface area contributed by atoms with Crippen LogP contribution in [0.2, 0.25) is 10.1 Å². The van der Waals surface area contributed by atoms with Gasteiger partial charge in [-0.2, -0.15) is 0 Å². The van der Waals surface area contributed by atoms with Gasteiger partial charge < -0.3 is 0 Å². The fourth-order valence-electron chi connectivity index (χ4n) is 2.47. The summed E-state index contributed by atoms with van der Waals surface area (Å²) >= 11 is 2.49. The van der Waals surface area contributed by atoms with Gasteiger partial charge in [-0.15, -0.1) is 0 Å². The first-order valence-electron chi connectivity index (χ1n) is 6.18. The molecule has 0 radical (unpaired) electrons. The van der Waals surface area contributed by atoms with Crippen molar-refractivity contribution < 1.29 is 5.11 Å². The number of benzene rings is 1. The number of aliphatic hydroxyl groups excluding tert-OH is 1. The van der Waals surface area contributed by atoms with Crippen molar-refractivity contribution in [2.24, 2.45) is 0 Å². The Labute approximate surface area is 114 Å². The third-order valence-electron chi connectivity index (χ3n) is 3.95. The Balaban J connectivity index is 1.74. The summed E-state index contributed by atoms with van der Waals surface area (Å²) < 4.78 is 0.473. The van der Waals surface area contributed by atoms with Gasteiger partial charge >= 0.3 is 114 Å². The Kier molecular flexibility index (Phi) is 3.07.